The Balaban J connectivity index is 0. The number of thiocarbonyl (C=S) groups is 1. The van der Waals surface area contributed by atoms with Gasteiger partial charge in [0.15, 0.2) is 0 Å². The van der Waals surface area contributed by atoms with Gasteiger partial charge in [-0.15, -0.1) is 0 Å². The van der Waals surface area contributed by atoms with E-state index in [0.717, 1.165) is 4.32 Å². The Morgan fingerprint density at radius 3 is 2.36 bits per heavy atom. The van der Waals surface area contributed by atoms with Gasteiger partial charge in [0.1, 0.15) is 4.32 Å². The summed E-state index contributed by atoms with van der Waals surface area (Å²) in [5, 5.41) is 0. The molecule has 1 N–H and O–H groups in total. The first kappa shape index (κ1) is 17.5. The Morgan fingerprint density at radius 1 is 1.50 bits per heavy atom. The molecular weight excluding hydrogens is 253 g/mol. The fourth-order valence-electron chi connectivity index (χ4n) is 0.530. The second kappa shape index (κ2) is 8.32. The maximum absolute atomic E-state index is 10.3. The van der Waals surface area contributed by atoms with Crippen molar-refractivity contribution in [2.75, 3.05) is 25.6 Å². The van der Waals surface area contributed by atoms with Crippen LogP contribution in [0.3, 0.4) is 0 Å². The third-order valence-electron chi connectivity index (χ3n) is 1.14. The van der Waals surface area contributed by atoms with Crippen molar-refractivity contribution in [3.05, 3.63) is 0 Å². The Morgan fingerprint density at radius 2 is 2.00 bits per heavy atom. The van der Waals surface area contributed by atoms with Crippen LogP contribution in [0, 0.1) is 0 Å². The van der Waals surface area contributed by atoms with Crippen LogP contribution >= 0.6 is 24.0 Å². The maximum Gasteiger partial charge on any atom is 0.264 e. The van der Waals surface area contributed by atoms with Crippen molar-refractivity contribution in [2.24, 2.45) is 0 Å². The van der Waals surface area contributed by atoms with Crippen molar-refractivity contribution in [1.82, 2.24) is 4.90 Å². The summed E-state index contributed by atoms with van der Waals surface area (Å²) in [4.78, 5) is 1.79. The summed E-state index contributed by atoms with van der Waals surface area (Å²) < 4.78 is 29.8. The third-order valence-corrected chi connectivity index (χ3v) is 3.77. The van der Waals surface area contributed by atoms with Crippen LogP contribution in [0.15, 0.2) is 0 Å². The maximum atomic E-state index is 10.3. The van der Waals surface area contributed by atoms with Crippen molar-refractivity contribution >= 4 is 68.0 Å². The van der Waals surface area contributed by atoms with Gasteiger partial charge in [0.2, 0.25) is 0 Å². The molecule has 0 heterocycles. The normalized spacial score (nSPS) is 10.5. The quantitative estimate of drug-likeness (QED) is 0.345. The fraction of sp³-hybridized carbons (Fsp3) is 0.833. The largest absolute Gasteiger partial charge is 0.364 e. The minimum atomic E-state index is -3.81. The molecule has 0 saturated heterocycles. The minimum Gasteiger partial charge on any atom is -0.364 e. The van der Waals surface area contributed by atoms with E-state index in [1.54, 1.807) is 4.90 Å². The zero-order valence-corrected chi connectivity index (χ0v) is 13.0. The average molecular weight is 266 g/mol. The monoisotopic (exact) mass is 266 g/mol. The van der Waals surface area contributed by atoms with Crippen LogP contribution in [0.1, 0.15) is 6.42 Å². The molecule has 0 aliphatic carbocycles. The molecular formula is C6H13NNaO3S3. The molecule has 0 aromatic rings. The zero-order valence-electron chi connectivity index (χ0n) is 8.56. The standard InChI is InChI=1S/C6H13NO3S3.Na/c1-7(2)6(11)12-4-3-5-13(8,9)10;/h3-5H2,1-2H3,(H,8,9,10);. The van der Waals surface area contributed by atoms with E-state index in [9.17, 15) is 8.42 Å². The number of nitrogens with zero attached hydrogens (tertiary/aromatic N) is 1. The molecule has 0 spiro atoms. The van der Waals surface area contributed by atoms with Crippen LogP contribution in [0.5, 0.6) is 0 Å². The molecule has 0 amide bonds. The van der Waals surface area contributed by atoms with E-state index in [4.69, 9.17) is 16.8 Å². The van der Waals surface area contributed by atoms with E-state index >= 15 is 0 Å². The molecule has 0 aromatic carbocycles. The molecule has 0 fully saturated rings. The van der Waals surface area contributed by atoms with Gasteiger partial charge in [-0.05, 0) is 6.42 Å². The van der Waals surface area contributed by atoms with E-state index in [0.29, 0.717) is 12.2 Å². The first-order chi connectivity index (χ1) is 5.83. The minimum absolute atomic E-state index is 0. The molecule has 14 heavy (non-hydrogen) atoms. The summed E-state index contributed by atoms with van der Waals surface area (Å²) in [5.74, 6) is 0.410. The van der Waals surface area contributed by atoms with Gasteiger partial charge in [-0.1, -0.05) is 24.0 Å². The zero-order chi connectivity index (χ0) is 10.5. The van der Waals surface area contributed by atoms with Gasteiger partial charge in [0.25, 0.3) is 10.1 Å². The van der Waals surface area contributed by atoms with Crippen LogP contribution < -0.4 is 0 Å². The molecule has 0 atom stereocenters. The topological polar surface area (TPSA) is 57.6 Å². The van der Waals surface area contributed by atoms with E-state index in [-0.39, 0.29) is 35.3 Å². The molecule has 0 bridgehead atoms. The number of thioether (sulfide) groups is 1. The van der Waals surface area contributed by atoms with Gasteiger partial charge < -0.3 is 4.90 Å². The van der Waals surface area contributed by atoms with Gasteiger partial charge in [0.05, 0.1) is 5.75 Å². The van der Waals surface area contributed by atoms with E-state index in [2.05, 4.69) is 0 Å². The van der Waals surface area contributed by atoms with E-state index < -0.39 is 10.1 Å². The van der Waals surface area contributed by atoms with Crippen LogP contribution in [-0.4, -0.2) is 77.3 Å². The predicted octanol–water partition coefficient (Wildman–Crippen LogP) is 0.463. The molecule has 0 aromatic heterocycles. The summed E-state index contributed by atoms with van der Waals surface area (Å²) in [7, 11) is -0.150. The van der Waals surface area contributed by atoms with Crippen molar-refractivity contribution in [2.45, 2.75) is 6.42 Å². The Bertz CT molecular complexity index is 265. The summed E-state index contributed by atoms with van der Waals surface area (Å²) in [6.45, 7) is 0. The van der Waals surface area contributed by atoms with Crippen molar-refractivity contribution in [3.63, 3.8) is 0 Å². The van der Waals surface area contributed by atoms with Gasteiger partial charge >= 0.3 is 0 Å². The van der Waals surface area contributed by atoms with Crippen molar-refractivity contribution in [1.29, 1.82) is 0 Å². The average Bonchev–Trinajstić information content (AvgIpc) is 1.95. The predicted molar refractivity (Wildman–Crippen MR) is 65.5 cm³/mol. The fourth-order valence-corrected chi connectivity index (χ4v) is 2.19. The molecule has 8 heteroatoms. The Kier molecular flexibility index (Phi) is 10.4. The van der Waals surface area contributed by atoms with Crippen LogP contribution in [0.4, 0.5) is 0 Å². The Hall–Kier alpha value is 1.15. The van der Waals surface area contributed by atoms with Crippen molar-refractivity contribution < 1.29 is 13.0 Å². The summed E-state index contributed by atoms with van der Waals surface area (Å²) in [5.41, 5.74) is 0. The van der Waals surface area contributed by atoms with Crippen LogP contribution in [-0.2, 0) is 10.1 Å². The van der Waals surface area contributed by atoms with Crippen LogP contribution in [0.25, 0.3) is 0 Å². The number of rotatable bonds is 4. The molecule has 0 aliphatic rings. The molecule has 79 valence electrons. The summed E-state index contributed by atoms with van der Waals surface area (Å²) in [6.07, 6.45) is 0.414. The molecule has 0 rings (SSSR count). The molecule has 4 nitrogen and oxygen atoms in total. The smallest absolute Gasteiger partial charge is 0.264 e. The van der Waals surface area contributed by atoms with Gasteiger partial charge in [0, 0.05) is 49.4 Å². The van der Waals surface area contributed by atoms with Crippen molar-refractivity contribution in [3.8, 4) is 0 Å². The molecule has 0 aliphatic heterocycles. The van der Waals surface area contributed by atoms with E-state index in [1.807, 2.05) is 14.1 Å². The number of hydrogen-bond donors (Lipinski definition) is 1. The summed E-state index contributed by atoms with van der Waals surface area (Å²) >= 11 is 6.37. The molecule has 0 saturated carbocycles. The molecule has 0 unspecified atom stereocenters. The van der Waals surface area contributed by atoms with Gasteiger partial charge in [-0.25, -0.2) is 0 Å². The first-order valence-electron chi connectivity index (χ1n) is 3.62. The number of hydrogen-bond acceptors (Lipinski definition) is 4. The Labute approximate surface area is 117 Å². The van der Waals surface area contributed by atoms with Gasteiger partial charge in [-0.3, -0.25) is 4.55 Å². The SMILES string of the molecule is CN(C)C(=S)SCCCS(=O)(=O)O.[Na]. The van der Waals surface area contributed by atoms with E-state index in [1.165, 1.54) is 11.8 Å². The van der Waals surface area contributed by atoms with Gasteiger partial charge in [-0.2, -0.15) is 8.42 Å². The second-order valence-electron chi connectivity index (χ2n) is 2.65. The first-order valence-corrected chi connectivity index (χ1v) is 6.62. The second-order valence-corrected chi connectivity index (χ2v) is 5.95. The summed E-state index contributed by atoms with van der Waals surface area (Å²) in [6, 6.07) is 0. The van der Waals surface area contributed by atoms with Crippen LogP contribution in [0.2, 0.25) is 0 Å². The third kappa shape index (κ3) is 11.2. The molecule has 1 radical (unpaired) electrons.